The van der Waals surface area contributed by atoms with Gasteiger partial charge in [0.1, 0.15) is 0 Å². The van der Waals surface area contributed by atoms with Crippen molar-refractivity contribution in [3.63, 3.8) is 0 Å². The first kappa shape index (κ1) is 7.55. The highest BCUT2D eigenvalue weighted by Gasteiger charge is 2.27. The number of hydrogen-bond acceptors (Lipinski definition) is 1. The maximum Gasteiger partial charge on any atom is 0.0600 e. The Bertz CT molecular complexity index is 86.9. The lowest BCUT2D eigenvalue weighted by atomic mass is 9.96. The standard InChI is InChI=1S/C7H13BrO/c1-5(2)9-7-3-6(8)4-7/h5-7H,3-4H2,1-2H3. The molecule has 0 aromatic heterocycles. The zero-order chi connectivity index (χ0) is 6.85. The first-order valence-corrected chi connectivity index (χ1v) is 4.39. The SMILES string of the molecule is CC(C)OC1CC(Br)C1. The van der Waals surface area contributed by atoms with Gasteiger partial charge in [0.2, 0.25) is 0 Å². The maximum absolute atomic E-state index is 5.53. The monoisotopic (exact) mass is 192 g/mol. The van der Waals surface area contributed by atoms with E-state index in [-0.39, 0.29) is 0 Å². The Morgan fingerprint density at radius 3 is 2.33 bits per heavy atom. The van der Waals surface area contributed by atoms with Gasteiger partial charge in [-0.05, 0) is 26.7 Å². The van der Waals surface area contributed by atoms with Crippen LogP contribution in [0.5, 0.6) is 0 Å². The summed E-state index contributed by atoms with van der Waals surface area (Å²) in [6.07, 6.45) is 3.32. The van der Waals surface area contributed by atoms with Gasteiger partial charge in [0.15, 0.2) is 0 Å². The van der Waals surface area contributed by atoms with E-state index in [1.165, 1.54) is 12.8 Å². The Labute approximate surface area is 64.9 Å². The van der Waals surface area contributed by atoms with E-state index in [2.05, 4.69) is 29.8 Å². The van der Waals surface area contributed by atoms with Crippen molar-refractivity contribution in [1.29, 1.82) is 0 Å². The molecule has 1 saturated carbocycles. The molecular formula is C7H13BrO. The Hall–Kier alpha value is 0.440. The average molecular weight is 193 g/mol. The number of ether oxygens (including phenoxy) is 1. The van der Waals surface area contributed by atoms with Gasteiger partial charge in [-0.1, -0.05) is 15.9 Å². The minimum absolute atomic E-state index is 0.398. The Balaban J connectivity index is 2.04. The fourth-order valence-corrected chi connectivity index (χ4v) is 1.83. The highest BCUT2D eigenvalue weighted by atomic mass is 79.9. The zero-order valence-electron chi connectivity index (χ0n) is 5.93. The highest BCUT2D eigenvalue weighted by Crippen LogP contribution is 2.30. The van der Waals surface area contributed by atoms with Crippen LogP contribution < -0.4 is 0 Å². The van der Waals surface area contributed by atoms with Crippen molar-refractivity contribution < 1.29 is 4.74 Å². The molecule has 0 spiro atoms. The maximum atomic E-state index is 5.53. The fraction of sp³-hybridized carbons (Fsp3) is 1.00. The quantitative estimate of drug-likeness (QED) is 0.611. The third-order valence-electron chi connectivity index (χ3n) is 1.50. The van der Waals surface area contributed by atoms with Crippen LogP contribution in [0.4, 0.5) is 0 Å². The average Bonchev–Trinajstić information content (AvgIpc) is 1.60. The van der Waals surface area contributed by atoms with E-state index in [0.29, 0.717) is 12.2 Å². The third-order valence-corrected chi connectivity index (χ3v) is 2.25. The van der Waals surface area contributed by atoms with Crippen molar-refractivity contribution in [1.82, 2.24) is 0 Å². The van der Waals surface area contributed by atoms with Gasteiger partial charge in [0.05, 0.1) is 12.2 Å². The predicted octanol–water partition coefficient (Wildman–Crippen LogP) is 2.34. The molecule has 0 N–H and O–H groups in total. The van der Waals surface area contributed by atoms with E-state index in [0.717, 1.165) is 4.83 Å². The normalized spacial score (nSPS) is 34.7. The van der Waals surface area contributed by atoms with Crippen LogP contribution in [-0.4, -0.2) is 17.0 Å². The fourth-order valence-electron chi connectivity index (χ4n) is 0.997. The Morgan fingerprint density at radius 2 is 2.00 bits per heavy atom. The molecule has 2 heteroatoms. The Kier molecular flexibility index (Phi) is 2.53. The molecule has 1 rings (SSSR count). The molecule has 0 atom stereocenters. The molecule has 1 aliphatic carbocycles. The molecule has 1 aliphatic rings. The summed E-state index contributed by atoms with van der Waals surface area (Å²) in [5.74, 6) is 0. The molecular weight excluding hydrogens is 180 g/mol. The van der Waals surface area contributed by atoms with Gasteiger partial charge in [0, 0.05) is 4.83 Å². The van der Waals surface area contributed by atoms with Crippen molar-refractivity contribution in [3.8, 4) is 0 Å². The molecule has 0 saturated heterocycles. The second-order valence-corrected chi connectivity index (χ2v) is 4.17. The minimum Gasteiger partial charge on any atom is -0.375 e. The molecule has 0 aliphatic heterocycles. The number of rotatable bonds is 2. The summed E-state index contributed by atoms with van der Waals surface area (Å²) in [5.41, 5.74) is 0. The topological polar surface area (TPSA) is 9.23 Å². The lowest BCUT2D eigenvalue weighted by Gasteiger charge is -2.32. The van der Waals surface area contributed by atoms with E-state index in [1.54, 1.807) is 0 Å². The molecule has 0 radical (unpaired) electrons. The van der Waals surface area contributed by atoms with Gasteiger partial charge in [-0.3, -0.25) is 0 Å². The number of hydrogen-bond donors (Lipinski definition) is 0. The van der Waals surface area contributed by atoms with Gasteiger partial charge in [-0.15, -0.1) is 0 Å². The van der Waals surface area contributed by atoms with Crippen molar-refractivity contribution in [2.24, 2.45) is 0 Å². The zero-order valence-corrected chi connectivity index (χ0v) is 7.52. The lowest BCUT2D eigenvalue weighted by molar-refractivity contribution is -0.0305. The summed E-state index contributed by atoms with van der Waals surface area (Å²) in [6, 6.07) is 0. The summed E-state index contributed by atoms with van der Waals surface area (Å²) in [4.78, 5) is 0.723. The molecule has 0 aromatic rings. The molecule has 54 valence electrons. The second kappa shape index (κ2) is 3.02. The second-order valence-electron chi connectivity index (χ2n) is 2.88. The van der Waals surface area contributed by atoms with Crippen LogP contribution in [0, 0.1) is 0 Å². The van der Waals surface area contributed by atoms with Crippen molar-refractivity contribution in [2.75, 3.05) is 0 Å². The molecule has 0 bridgehead atoms. The van der Waals surface area contributed by atoms with Gasteiger partial charge < -0.3 is 4.74 Å². The molecule has 0 aromatic carbocycles. The largest absolute Gasteiger partial charge is 0.375 e. The molecule has 1 fully saturated rings. The molecule has 0 heterocycles. The number of halogens is 1. The predicted molar refractivity (Wildman–Crippen MR) is 42.0 cm³/mol. The summed E-state index contributed by atoms with van der Waals surface area (Å²) in [7, 11) is 0. The summed E-state index contributed by atoms with van der Waals surface area (Å²) < 4.78 is 5.53. The van der Waals surface area contributed by atoms with Gasteiger partial charge in [-0.2, -0.15) is 0 Å². The van der Waals surface area contributed by atoms with Crippen LogP contribution in [0.1, 0.15) is 26.7 Å². The highest BCUT2D eigenvalue weighted by molar-refractivity contribution is 9.09. The van der Waals surface area contributed by atoms with E-state index >= 15 is 0 Å². The van der Waals surface area contributed by atoms with Gasteiger partial charge in [-0.25, -0.2) is 0 Å². The molecule has 9 heavy (non-hydrogen) atoms. The van der Waals surface area contributed by atoms with E-state index in [1.807, 2.05) is 0 Å². The summed E-state index contributed by atoms with van der Waals surface area (Å²) >= 11 is 3.51. The van der Waals surface area contributed by atoms with Gasteiger partial charge >= 0.3 is 0 Å². The van der Waals surface area contributed by atoms with Crippen molar-refractivity contribution in [2.45, 2.75) is 43.7 Å². The van der Waals surface area contributed by atoms with Crippen molar-refractivity contribution in [3.05, 3.63) is 0 Å². The first-order valence-electron chi connectivity index (χ1n) is 3.48. The smallest absolute Gasteiger partial charge is 0.0600 e. The third kappa shape index (κ3) is 2.26. The van der Waals surface area contributed by atoms with Crippen LogP contribution in [0.15, 0.2) is 0 Å². The summed E-state index contributed by atoms with van der Waals surface area (Å²) in [5, 5.41) is 0. The minimum atomic E-state index is 0.398. The van der Waals surface area contributed by atoms with E-state index in [9.17, 15) is 0 Å². The van der Waals surface area contributed by atoms with Crippen LogP contribution in [0.25, 0.3) is 0 Å². The lowest BCUT2D eigenvalue weighted by Crippen LogP contribution is -2.33. The first-order chi connectivity index (χ1) is 4.18. The molecule has 0 unspecified atom stereocenters. The van der Waals surface area contributed by atoms with Crippen molar-refractivity contribution >= 4 is 15.9 Å². The van der Waals surface area contributed by atoms with Crippen LogP contribution in [0.3, 0.4) is 0 Å². The van der Waals surface area contributed by atoms with Crippen LogP contribution >= 0.6 is 15.9 Å². The molecule has 1 nitrogen and oxygen atoms in total. The number of alkyl halides is 1. The van der Waals surface area contributed by atoms with Gasteiger partial charge in [0.25, 0.3) is 0 Å². The Morgan fingerprint density at radius 1 is 1.44 bits per heavy atom. The summed E-state index contributed by atoms with van der Waals surface area (Å²) in [6.45, 7) is 4.17. The molecule has 0 amide bonds. The van der Waals surface area contributed by atoms with Crippen LogP contribution in [0.2, 0.25) is 0 Å². The van der Waals surface area contributed by atoms with E-state index < -0.39 is 0 Å². The van der Waals surface area contributed by atoms with E-state index in [4.69, 9.17) is 4.74 Å². The van der Waals surface area contributed by atoms with Crippen LogP contribution in [-0.2, 0) is 4.74 Å².